The highest BCUT2D eigenvalue weighted by Crippen LogP contribution is 2.26. The van der Waals surface area contributed by atoms with Crippen LogP contribution in [-0.2, 0) is 24.3 Å². The molecule has 0 radical (unpaired) electrons. The van der Waals surface area contributed by atoms with Gasteiger partial charge in [0.25, 0.3) is 5.91 Å². The Kier molecular flexibility index (Phi) is 7.94. The second-order valence-corrected chi connectivity index (χ2v) is 10.2. The van der Waals surface area contributed by atoms with Crippen LogP contribution in [0.4, 0.5) is 0 Å². The van der Waals surface area contributed by atoms with E-state index in [9.17, 15) is 18.0 Å². The molecule has 8 nitrogen and oxygen atoms in total. The van der Waals surface area contributed by atoms with E-state index in [0.29, 0.717) is 18.6 Å². The lowest BCUT2D eigenvalue weighted by Crippen LogP contribution is -2.44. The number of amides is 1. The molecule has 1 atom stereocenters. The van der Waals surface area contributed by atoms with Crippen molar-refractivity contribution in [3.05, 3.63) is 24.3 Å². The molecule has 1 aliphatic heterocycles. The van der Waals surface area contributed by atoms with E-state index >= 15 is 0 Å². The lowest BCUT2D eigenvalue weighted by Gasteiger charge is -2.31. The molecule has 9 heteroatoms. The van der Waals surface area contributed by atoms with Gasteiger partial charge in [-0.05, 0) is 56.9 Å². The molecule has 1 saturated carbocycles. The van der Waals surface area contributed by atoms with Crippen LogP contribution >= 0.6 is 0 Å². The van der Waals surface area contributed by atoms with Gasteiger partial charge in [0.15, 0.2) is 6.10 Å². The van der Waals surface area contributed by atoms with Gasteiger partial charge in [0.1, 0.15) is 5.75 Å². The van der Waals surface area contributed by atoms with Gasteiger partial charge in [-0.2, -0.15) is 4.31 Å². The van der Waals surface area contributed by atoms with Crippen LogP contribution in [0.3, 0.4) is 0 Å². The van der Waals surface area contributed by atoms with Crippen molar-refractivity contribution in [2.45, 2.75) is 68.9 Å². The van der Waals surface area contributed by atoms with Gasteiger partial charge >= 0.3 is 5.97 Å². The SMILES string of the molecule is COc1ccc(S(=O)(=O)N2CCC(C(=O)OC(C)C(=O)NC3CCCCC3)CC2)cc1. The predicted molar refractivity (Wildman–Crippen MR) is 115 cm³/mol. The van der Waals surface area contributed by atoms with Gasteiger partial charge in [0.2, 0.25) is 10.0 Å². The van der Waals surface area contributed by atoms with Gasteiger partial charge in [0, 0.05) is 19.1 Å². The second kappa shape index (κ2) is 10.5. The number of carbonyl (C=O) groups is 2. The number of benzene rings is 1. The first kappa shape index (κ1) is 23.5. The highest BCUT2D eigenvalue weighted by Gasteiger charge is 2.34. The zero-order valence-corrected chi connectivity index (χ0v) is 19.0. The zero-order valence-electron chi connectivity index (χ0n) is 18.2. The summed E-state index contributed by atoms with van der Waals surface area (Å²) in [5, 5.41) is 2.97. The van der Waals surface area contributed by atoms with Gasteiger partial charge in [-0.3, -0.25) is 9.59 Å². The number of nitrogens with zero attached hydrogens (tertiary/aromatic N) is 1. The van der Waals surface area contributed by atoms with Crippen LogP contribution < -0.4 is 10.1 Å². The third kappa shape index (κ3) is 5.98. The molecule has 1 amide bonds. The molecule has 2 fully saturated rings. The molecule has 1 unspecified atom stereocenters. The summed E-state index contributed by atoms with van der Waals surface area (Å²) in [5.41, 5.74) is 0. The average molecular weight is 453 g/mol. The Hall–Kier alpha value is -2.13. The average Bonchev–Trinajstić information content (AvgIpc) is 2.79. The van der Waals surface area contributed by atoms with Crippen molar-refractivity contribution in [1.29, 1.82) is 0 Å². The number of piperidine rings is 1. The molecule has 0 spiro atoms. The standard InChI is InChI=1S/C22H32N2O6S/c1-16(21(25)23-18-6-4-3-5-7-18)30-22(26)17-12-14-24(15-13-17)31(27,28)20-10-8-19(29-2)9-11-20/h8-11,16-18H,3-7,12-15H2,1-2H3,(H,23,25). The molecule has 1 aromatic rings. The van der Waals surface area contributed by atoms with Crippen molar-refractivity contribution in [1.82, 2.24) is 9.62 Å². The number of methoxy groups -OCH3 is 1. The number of nitrogens with one attached hydrogen (secondary N) is 1. The summed E-state index contributed by atoms with van der Waals surface area (Å²) in [6.45, 7) is 2.05. The van der Waals surface area contributed by atoms with E-state index < -0.39 is 28.0 Å². The number of carbonyl (C=O) groups excluding carboxylic acids is 2. The fourth-order valence-corrected chi connectivity index (χ4v) is 5.59. The van der Waals surface area contributed by atoms with E-state index in [1.54, 1.807) is 19.1 Å². The summed E-state index contributed by atoms with van der Waals surface area (Å²) < 4.78 is 37.5. The molecule has 1 saturated heterocycles. The Labute approximate surface area is 184 Å². The molecule has 3 rings (SSSR count). The maximum absolute atomic E-state index is 12.8. The monoisotopic (exact) mass is 452 g/mol. The Morgan fingerprint density at radius 2 is 1.65 bits per heavy atom. The van der Waals surface area contributed by atoms with E-state index in [1.165, 1.54) is 30.0 Å². The summed E-state index contributed by atoms with van der Waals surface area (Å²) in [4.78, 5) is 25.0. The quantitative estimate of drug-likeness (QED) is 0.638. The molecule has 0 aromatic heterocycles. The van der Waals surface area contributed by atoms with Crippen molar-refractivity contribution < 1.29 is 27.5 Å². The molecule has 1 N–H and O–H groups in total. The van der Waals surface area contributed by atoms with Gasteiger partial charge in [-0.25, -0.2) is 8.42 Å². The fourth-order valence-electron chi connectivity index (χ4n) is 4.12. The highest BCUT2D eigenvalue weighted by atomic mass is 32.2. The third-order valence-electron chi connectivity index (χ3n) is 6.10. The first-order valence-electron chi connectivity index (χ1n) is 11.0. The van der Waals surface area contributed by atoms with E-state index in [1.807, 2.05) is 0 Å². The van der Waals surface area contributed by atoms with Crippen molar-refractivity contribution in [2.24, 2.45) is 5.92 Å². The first-order chi connectivity index (χ1) is 14.8. The van der Waals surface area contributed by atoms with Crippen LogP contribution in [0, 0.1) is 5.92 Å². The van der Waals surface area contributed by atoms with Gasteiger partial charge in [-0.1, -0.05) is 19.3 Å². The number of sulfonamides is 1. The highest BCUT2D eigenvalue weighted by molar-refractivity contribution is 7.89. The predicted octanol–water partition coefficient (Wildman–Crippen LogP) is 2.48. The number of ether oxygens (including phenoxy) is 2. The van der Waals surface area contributed by atoms with Gasteiger partial charge in [-0.15, -0.1) is 0 Å². The number of rotatable bonds is 7. The molecular weight excluding hydrogens is 420 g/mol. The van der Waals surface area contributed by atoms with Crippen LogP contribution in [0.1, 0.15) is 51.9 Å². The Bertz CT molecular complexity index is 856. The maximum Gasteiger partial charge on any atom is 0.309 e. The summed E-state index contributed by atoms with van der Waals surface area (Å²) in [5.74, 6) is -0.526. The van der Waals surface area contributed by atoms with Gasteiger partial charge < -0.3 is 14.8 Å². The normalized spacial score (nSPS) is 20.1. The molecule has 2 aliphatic rings. The number of esters is 1. The van der Waals surface area contributed by atoms with Crippen molar-refractivity contribution in [3.63, 3.8) is 0 Å². The molecule has 1 heterocycles. The summed E-state index contributed by atoms with van der Waals surface area (Å²) in [6.07, 6.45) is 5.23. The van der Waals surface area contributed by atoms with Crippen LogP contribution in [0.5, 0.6) is 5.75 Å². The van der Waals surface area contributed by atoms with Crippen LogP contribution in [0.15, 0.2) is 29.2 Å². The van der Waals surface area contributed by atoms with Crippen molar-refractivity contribution >= 4 is 21.9 Å². The molecule has 1 aliphatic carbocycles. The Balaban J connectivity index is 1.49. The molecular formula is C22H32N2O6S. The van der Waals surface area contributed by atoms with Crippen molar-refractivity contribution in [3.8, 4) is 5.75 Å². The number of hydrogen-bond acceptors (Lipinski definition) is 6. The maximum atomic E-state index is 12.8. The second-order valence-electron chi connectivity index (χ2n) is 8.28. The van der Waals surface area contributed by atoms with E-state index in [-0.39, 0.29) is 29.9 Å². The lowest BCUT2D eigenvalue weighted by atomic mass is 9.95. The fraction of sp³-hybridized carbons (Fsp3) is 0.636. The molecule has 1 aromatic carbocycles. The lowest BCUT2D eigenvalue weighted by molar-refractivity contribution is -0.160. The summed E-state index contributed by atoms with van der Waals surface area (Å²) in [6, 6.07) is 6.41. The molecule has 172 valence electrons. The minimum Gasteiger partial charge on any atom is -0.497 e. The van der Waals surface area contributed by atoms with Crippen LogP contribution in [0.25, 0.3) is 0 Å². The van der Waals surface area contributed by atoms with E-state index in [2.05, 4.69) is 5.32 Å². The Morgan fingerprint density at radius 3 is 2.23 bits per heavy atom. The summed E-state index contributed by atoms with van der Waals surface area (Å²) in [7, 11) is -2.11. The third-order valence-corrected chi connectivity index (χ3v) is 8.01. The topological polar surface area (TPSA) is 102 Å². The van der Waals surface area contributed by atoms with Crippen LogP contribution in [0.2, 0.25) is 0 Å². The smallest absolute Gasteiger partial charge is 0.309 e. The van der Waals surface area contributed by atoms with E-state index in [0.717, 1.165) is 25.7 Å². The largest absolute Gasteiger partial charge is 0.497 e. The number of hydrogen-bond donors (Lipinski definition) is 1. The van der Waals surface area contributed by atoms with Crippen LogP contribution in [-0.4, -0.2) is 56.9 Å². The zero-order chi connectivity index (χ0) is 22.4. The molecule has 0 bridgehead atoms. The minimum absolute atomic E-state index is 0.161. The van der Waals surface area contributed by atoms with E-state index in [4.69, 9.17) is 9.47 Å². The first-order valence-corrected chi connectivity index (χ1v) is 12.4. The molecule has 31 heavy (non-hydrogen) atoms. The summed E-state index contributed by atoms with van der Waals surface area (Å²) >= 11 is 0. The minimum atomic E-state index is -3.63. The van der Waals surface area contributed by atoms with Crippen molar-refractivity contribution in [2.75, 3.05) is 20.2 Å². The van der Waals surface area contributed by atoms with Gasteiger partial charge in [0.05, 0.1) is 17.9 Å². The Morgan fingerprint density at radius 1 is 1.03 bits per heavy atom.